The van der Waals surface area contributed by atoms with Crippen LogP contribution in [-0.4, -0.2) is 12.9 Å². The molecule has 13 heavy (non-hydrogen) atoms. The third-order valence-corrected chi connectivity index (χ3v) is 1.84. The Bertz CT molecular complexity index is 200. The van der Waals surface area contributed by atoms with Crippen molar-refractivity contribution in [2.45, 2.75) is 25.6 Å². The van der Waals surface area contributed by atoms with Crippen molar-refractivity contribution >= 4 is 0 Å². The molecule has 2 nitrogen and oxygen atoms in total. The predicted octanol–water partition coefficient (Wildman–Crippen LogP) is 2.79. The van der Waals surface area contributed by atoms with Crippen LogP contribution in [0.5, 0.6) is 0 Å². The van der Waals surface area contributed by atoms with Crippen LogP contribution < -0.4 is 0 Å². The van der Waals surface area contributed by atoms with Crippen LogP contribution >= 0.6 is 0 Å². The second-order valence-corrected chi connectivity index (χ2v) is 2.98. The molecule has 72 valence electrons. The van der Waals surface area contributed by atoms with Crippen LogP contribution in [0.25, 0.3) is 0 Å². The summed E-state index contributed by atoms with van der Waals surface area (Å²) in [6.45, 7) is 8.11. The molecule has 0 aliphatic carbocycles. The molecule has 1 rings (SSSR count). The summed E-state index contributed by atoms with van der Waals surface area (Å²) in [6.07, 6.45) is 8.43. The molecule has 0 bridgehead atoms. The Morgan fingerprint density at radius 1 is 1.46 bits per heavy atom. The van der Waals surface area contributed by atoms with Gasteiger partial charge in [-0.1, -0.05) is 25.3 Å². The third kappa shape index (κ3) is 3.95. The summed E-state index contributed by atoms with van der Waals surface area (Å²) in [5.74, 6) is 0.631. The fraction of sp³-hybridized carbons (Fsp3) is 0.455. The quantitative estimate of drug-likeness (QED) is 0.489. The van der Waals surface area contributed by atoms with E-state index in [4.69, 9.17) is 9.47 Å². The minimum Gasteiger partial charge on any atom is -0.466 e. The van der Waals surface area contributed by atoms with E-state index in [1.165, 1.54) is 6.42 Å². The molecule has 0 aromatic heterocycles. The number of rotatable bonds is 4. The van der Waals surface area contributed by atoms with Crippen molar-refractivity contribution < 1.29 is 9.47 Å². The van der Waals surface area contributed by atoms with Gasteiger partial charge in [-0.3, -0.25) is 0 Å². The van der Waals surface area contributed by atoms with E-state index in [-0.39, 0.29) is 6.29 Å². The van der Waals surface area contributed by atoms with E-state index in [1.54, 1.807) is 18.2 Å². The van der Waals surface area contributed by atoms with E-state index >= 15 is 0 Å². The van der Waals surface area contributed by atoms with Gasteiger partial charge in [0.15, 0.2) is 6.29 Å². The van der Waals surface area contributed by atoms with Crippen LogP contribution in [0.1, 0.15) is 19.3 Å². The first-order chi connectivity index (χ1) is 6.33. The molecule has 0 aromatic rings. The molecule has 1 fully saturated rings. The molecule has 0 radical (unpaired) electrons. The normalized spacial score (nSPS) is 22.9. The fourth-order valence-electron chi connectivity index (χ4n) is 1.19. The van der Waals surface area contributed by atoms with Crippen molar-refractivity contribution in [3.8, 4) is 0 Å². The van der Waals surface area contributed by atoms with E-state index in [0.717, 1.165) is 19.4 Å². The molecule has 0 amide bonds. The van der Waals surface area contributed by atoms with E-state index in [0.29, 0.717) is 5.76 Å². The van der Waals surface area contributed by atoms with Gasteiger partial charge in [-0.2, -0.15) is 0 Å². The zero-order chi connectivity index (χ0) is 9.52. The number of ether oxygens (including phenoxy) is 2. The molecule has 1 unspecified atom stereocenters. The van der Waals surface area contributed by atoms with Gasteiger partial charge in [-0.05, 0) is 18.9 Å². The van der Waals surface area contributed by atoms with Crippen molar-refractivity contribution in [1.29, 1.82) is 0 Å². The van der Waals surface area contributed by atoms with Crippen LogP contribution in [-0.2, 0) is 9.47 Å². The monoisotopic (exact) mass is 180 g/mol. The van der Waals surface area contributed by atoms with Gasteiger partial charge >= 0.3 is 0 Å². The van der Waals surface area contributed by atoms with Gasteiger partial charge in [0.1, 0.15) is 5.76 Å². The molecule has 1 atom stereocenters. The highest BCUT2D eigenvalue weighted by molar-refractivity contribution is 5.12. The largest absolute Gasteiger partial charge is 0.466 e. The maximum absolute atomic E-state index is 5.44. The first-order valence-electron chi connectivity index (χ1n) is 4.59. The Labute approximate surface area is 79.5 Å². The van der Waals surface area contributed by atoms with Crippen LogP contribution in [0, 0.1) is 0 Å². The number of hydrogen-bond donors (Lipinski definition) is 0. The third-order valence-electron chi connectivity index (χ3n) is 1.84. The maximum Gasteiger partial charge on any atom is 0.199 e. The molecule has 1 aliphatic heterocycles. The Morgan fingerprint density at radius 3 is 2.92 bits per heavy atom. The zero-order valence-corrected chi connectivity index (χ0v) is 7.87. The summed E-state index contributed by atoms with van der Waals surface area (Å²) in [7, 11) is 0. The summed E-state index contributed by atoms with van der Waals surface area (Å²) in [5.41, 5.74) is 0. The van der Waals surface area contributed by atoms with Gasteiger partial charge < -0.3 is 9.47 Å². The lowest BCUT2D eigenvalue weighted by Crippen LogP contribution is -2.21. The van der Waals surface area contributed by atoms with Crippen LogP contribution in [0.3, 0.4) is 0 Å². The summed E-state index contributed by atoms with van der Waals surface area (Å²) >= 11 is 0. The number of allylic oxidation sites excluding steroid dienone is 3. The van der Waals surface area contributed by atoms with Gasteiger partial charge in [-0.15, -0.1) is 0 Å². The van der Waals surface area contributed by atoms with Crippen molar-refractivity contribution in [2.75, 3.05) is 6.61 Å². The molecule has 1 saturated heterocycles. The van der Waals surface area contributed by atoms with Crippen molar-refractivity contribution in [3.05, 3.63) is 37.1 Å². The van der Waals surface area contributed by atoms with Crippen LogP contribution in [0.15, 0.2) is 37.1 Å². The molecule has 1 aliphatic rings. The van der Waals surface area contributed by atoms with Crippen LogP contribution in [0.4, 0.5) is 0 Å². The zero-order valence-electron chi connectivity index (χ0n) is 7.87. The van der Waals surface area contributed by atoms with E-state index in [1.807, 2.05) is 0 Å². The first kappa shape index (κ1) is 10.1. The Kier molecular flexibility index (Phi) is 4.33. The molecule has 0 aromatic carbocycles. The van der Waals surface area contributed by atoms with Gasteiger partial charge in [0, 0.05) is 6.42 Å². The van der Waals surface area contributed by atoms with E-state index in [2.05, 4.69) is 13.2 Å². The van der Waals surface area contributed by atoms with Crippen LogP contribution in [0.2, 0.25) is 0 Å². The topological polar surface area (TPSA) is 18.5 Å². The molecular weight excluding hydrogens is 164 g/mol. The maximum atomic E-state index is 5.44. The van der Waals surface area contributed by atoms with Gasteiger partial charge in [-0.25, -0.2) is 0 Å². The Balaban J connectivity index is 2.25. The van der Waals surface area contributed by atoms with Crippen molar-refractivity contribution in [2.24, 2.45) is 0 Å². The molecule has 1 heterocycles. The van der Waals surface area contributed by atoms with Gasteiger partial charge in [0.2, 0.25) is 0 Å². The van der Waals surface area contributed by atoms with Crippen molar-refractivity contribution in [3.63, 3.8) is 0 Å². The SMILES string of the molecule is C=C/C=C\C(=C)OC1CCCCO1. The lowest BCUT2D eigenvalue weighted by molar-refractivity contribution is -0.135. The second-order valence-electron chi connectivity index (χ2n) is 2.98. The highest BCUT2D eigenvalue weighted by Gasteiger charge is 2.14. The standard InChI is InChI=1S/C11H16O2/c1-3-4-7-10(2)13-11-8-5-6-9-12-11/h3-4,7,11H,1-2,5-6,8-9H2/b7-4-. The lowest BCUT2D eigenvalue weighted by atomic mass is 10.2. The minimum absolute atomic E-state index is 0.101. The van der Waals surface area contributed by atoms with E-state index < -0.39 is 0 Å². The predicted molar refractivity (Wildman–Crippen MR) is 53.2 cm³/mol. The fourth-order valence-corrected chi connectivity index (χ4v) is 1.19. The molecule has 2 heteroatoms. The van der Waals surface area contributed by atoms with E-state index in [9.17, 15) is 0 Å². The lowest BCUT2D eigenvalue weighted by Gasteiger charge is -2.23. The highest BCUT2D eigenvalue weighted by Crippen LogP contribution is 2.16. The average Bonchev–Trinajstić information content (AvgIpc) is 2.16. The smallest absolute Gasteiger partial charge is 0.199 e. The second kappa shape index (κ2) is 5.60. The Hall–Kier alpha value is -1.02. The van der Waals surface area contributed by atoms with Gasteiger partial charge in [0.25, 0.3) is 0 Å². The summed E-state index contributed by atoms with van der Waals surface area (Å²) in [6, 6.07) is 0. The molecular formula is C11H16O2. The summed E-state index contributed by atoms with van der Waals surface area (Å²) < 4.78 is 10.8. The van der Waals surface area contributed by atoms with Gasteiger partial charge in [0.05, 0.1) is 6.61 Å². The molecule has 0 spiro atoms. The first-order valence-corrected chi connectivity index (χ1v) is 4.59. The summed E-state index contributed by atoms with van der Waals surface area (Å²) in [4.78, 5) is 0. The Morgan fingerprint density at radius 2 is 2.31 bits per heavy atom. The molecule has 0 saturated carbocycles. The highest BCUT2D eigenvalue weighted by atomic mass is 16.7. The van der Waals surface area contributed by atoms with Crippen molar-refractivity contribution in [1.82, 2.24) is 0 Å². The average molecular weight is 180 g/mol. The minimum atomic E-state index is -0.101. The number of hydrogen-bond acceptors (Lipinski definition) is 2. The summed E-state index contributed by atoms with van der Waals surface area (Å²) in [5, 5.41) is 0. The molecule has 0 N–H and O–H groups in total.